The van der Waals surface area contributed by atoms with Gasteiger partial charge in [-0.3, -0.25) is 4.79 Å². The number of anilines is 1. The summed E-state index contributed by atoms with van der Waals surface area (Å²) >= 11 is 0. The average molecular weight is 272 g/mol. The normalized spacial score (nSPS) is 16.9. The van der Waals surface area contributed by atoms with E-state index in [4.69, 9.17) is 4.74 Å². The largest absolute Gasteiger partial charge is 0.439 e. The predicted octanol–water partition coefficient (Wildman–Crippen LogP) is 1.73. The van der Waals surface area contributed by atoms with Gasteiger partial charge in [-0.15, -0.1) is 0 Å². The number of hydrogen-bond acceptors (Lipinski definition) is 4. The van der Waals surface area contributed by atoms with E-state index < -0.39 is 0 Å². The van der Waals surface area contributed by atoms with E-state index in [1.165, 1.54) is 0 Å². The Morgan fingerprint density at radius 1 is 1.40 bits per heavy atom. The molecular formula is C14H16N4O2. The fourth-order valence-electron chi connectivity index (χ4n) is 2.39. The van der Waals surface area contributed by atoms with Crippen molar-refractivity contribution in [1.29, 1.82) is 0 Å². The Morgan fingerprint density at radius 3 is 2.85 bits per heavy atom. The third-order valence-electron chi connectivity index (χ3n) is 3.33. The molecular weight excluding hydrogens is 256 g/mol. The fraction of sp³-hybridized carbons (Fsp3) is 0.286. The van der Waals surface area contributed by atoms with Crippen molar-refractivity contribution in [3.63, 3.8) is 0 Å². The quantitative estimate of drug-likeness (QED) is 0.893. The number of benzene rings is 1. The minimum atomic E-state index is -0.294. The number of fused-ring (bicyclic) bond motifs is 1. The molecule has 0 spiro atoms. The number of carbonyl (C=O) groups is 1. The lowest BCUT2D eigenvalue weighted by Gasteiger charge is -2.08. The van der Waals surface area contributed by atoms with Crippen molar-refractivity contribution in [2.75, 3.05) is 12.4 Å². The number of aromatic nitrogens is 2. The molecule has 1 atom stereocenters. The molecule has 2 aromatic rings. The third-order valence-corrected chi connectivity index (χ3v) is 3.33. The predicted molar refractivity (Wildman–Crippen MR) is 74.9 cm³/mol. The van der Waals surface area contributed by atoms with Gasteiger partial charge in [0.15, 0.2) is 0 Å². The summed E-state index contributed by atoms with van der Waals surface area (Å²) in [7, 11) is 3.59. The maximum Gasteiger partial charge on any atom is 0.246 e. The Balaban J connectivity index is 1.89. The summed E-state index contributed by atoms with van der Waals surface area (Å²) in [4.78, 5) is 11.8. The highest BCUT2D eigenvalue weighted by molar-refractivity contribution is 6.02. The van der Waals surface area contributed by atoms with E-state index in [0.717, 1.165) is 16.9 Å². The van der Waals surface area contributed by atoms with Crippen molar-refractivity contribution in [1.82, 2.24) is 15.1 Å². The Hall–Kier alpha value is -2.34. The number of nitrogens with zero attached hydrogens (tertiary/aromatic N) is 2. The van der Waals surface area contributed by atoms with Gasteiger partial charge in [0.25, 0.3) is 0 Å². The molecule has 1 unspecified atom stereocenters. The molecule has 0 radical (unpaired) electrons. The first-order valence-corrected chi connectivity index (χ1v) is 6.39. The molecule has 1 aliphatic heterocycles. The first-order valence-electron chi connectivity index (χ1n) is 6.39. The summed E-state index contributed by atoms with van der Waals surface area (Å²) < 4.78 is 7.47. The highest BCUT2D eigenvalue weighted by atomic mass is 16.5. The van der Waals surface area contributed by atoms with Gasteiger partial charge in [-0.25, -0.2) is 4.68 Å². The summed E-state index contributed by atoms with van der Waals surface area (Å²) in [6.45, 7) is 1.91. The zero-order valence-electron chi connectivity index (χ0n) is 11.6. The van der Waals surface area contributed by atoms with Crippen LogP contribution in [0.4, 0.5) is 5.69 Å². The topological polar surface area (TPSA) is 68.2 Å². The summed E-state index contributed by atoms with van der Waals surface area (Å²) in [5.74, 6) is 1.29. The lowest BCUT2D eigenvalue weighted by molar-refractivity contribution is -0.117. The maximum atomic E-state index is 11.8. The van der Waals surface area contributed by atoms with Crippen molar-refractivity contribution >= 4 is 11.6 Å². The van der Waals surface area contributed by atoms with Crippen LogP contribution in [0.5, 0.6) is 11.6 Å². The van der Waals surface area contributed by atoms with Gasteiger partial charge in [0.1, 0.15) is 11.8 Å². The number of rotatable bonds is 3. The van der Waals surface area contributed by atoms with E-state index in [9.17, 15) is 4.79 Å². The molecule has 1 amide bonds. The molecule has 0 fully saturated rings. The van der Waals surface area contributed by atoms with E-state index in [-0.39, 0.29) is 11.9 Å². The molecule has 0 saturated carbocycles. The van der Waals surface area contributed by atoms with Gasteiger partial charge in [-0.1, -0.05) is 6.07 Å². The van der Waals surface area contributed by atoms with Gasteiger partial charge < -0.3 is 15.4 Å². The second-order valence-corrected chi connectivity index (χ2v) is 4.81. The average Bonchev–Trinajstić information content (AvgIpc) is 2.87. The lowest BCUT2D eigenvalue weighted by atomic mass is 10.1. The molecule has 6 nitrogen and oxygen atoms in total. The molecule has 2 heterocycles. The van der Waals surface area contributed by atoms with Crippen molar-refractivity contribution in [3.05, 3.63) is 35.5 Å². The van der Waals surface area contributed by atoms with Crippen LogP contribution < -0.4 is 15.4 Å². The minimum absolute atomic E-state index is 0.0453. The van der Waals surface area contributed by atoms with Gasteiger partial charge in [-0.05, 0) is 20.0 Å². The Labute approximate surface area is 116 Å². The zero-order chi connectivity index (χ0) is 14.3. The Morgan fingerprint density at radius 2 is 2.20 bits per heavy atom. The highest BCUT2D eigenvalue weighted by Crippen LogP contribution is 2.34. The number of ether oxygens (including phenoxy) is 1. The van der Waals surface area contributed by atoms with Gasteiger partial charge in [0.2, 0.25) is 11.8 Å². The molecule has 6 heteroatoms. The number of carbonyl (C=O) groups excluding carboxylic acids is 1. The highest BCUT2D eigenvalue weighted by Gasteiger charge is 2.29. The maximum absolute atomic E-state index is 11.8. The fourth-order valence-corrected chi connectivity index (χ4v) is 2.39. The van der Waals surface area contributed by atoms with Gasteiger partial charge >= 0.3 is 0 Å². The van der Waals surface area contributed by atoms with Crippen LogP contribution in [0.2, 0.25) is 0 Å². The van der Waals surface area contributed by atoms with Crippen LogP contribution in [-0.2, 0) is 11.8 Å². The number of hydrogen-bond donors (Lipinski definition) is 2. The lowest BCUT2D eigenvalue weighted by Crippen LogP contribution is -2.23. The number of nitrogens with one attached hydrogen (secondary N) is 2. The molecule has 1 aromatic heterocycles. The molecule has 20 heavy (non-hydrogen) atoms. The van der Waals surface area contributed by atoms with Crippen LogP contribution in [0.25, 0.3) is 0 Å². The van der Waals surface area contributed by atoms with Crippen molar-refractivity contribution in [2.24, 2.45) is 7.05 Å². The van der Waals surface area contributed by atoms with E-state index in [1.54, 1.807) is 11.7 Å². The van der Waals surface area contributed by atoms with E-state index in [1.807, 2.05) is 38.2 Å². The van der Waals surface area contributed by atoms with E-state index in [0.29, 0.717) is 11.6 Å². The smallest absolute Gasteiger partial charge is 0.246 e. The second-order valence-electron chi connectivity index (χ2n) is 4.81. The minimum Gasteiger partial charge on any atom is -0.439 e. The molecule has 0 bridgehead atoms. The van der Waals surface area contributed by atoms with Crippen molar-refractivity contribution in [2.45, 2.75) is 13.0 Å². The van der Waals surface area contributed by atoms with Crippen LogP contribution in [0.15, 0.2) is 24.3 Å². The van der Waals surface area contributed by atoms with Gasteiger partial charge in [0, 0.05) is 30.4 Å². The SMILES string of the molecule is CNC1C(=O)Nc2cc(Oc3cc(C)nn3C)ccc21. The zero-order valence-corrected chi connectivity index (χ0v) is 11.6. The molecule has 3 rings (SSSR count). The summed E-state index contributed by atoms with van der Waals surface area (Å²) in [5, 5.41) is 10.1. The van der Waals surface area contributed by atoms with Crippen LogP contribution in [0, 0.1) is 6.92 Å². The summed E-state index contributed by atoms with van der Waals surface area (Å²) in [6.07, 6.45) is 0. The van der Waals surface area contributed by atoms with Gasteiger partial charge in [0.05, 0.1) is 5.69 Å². The molecule has 0 saturated heterocycles. The van der Waals surface area contributed by atoms with Crippen LogP contribution >= 0.6 is 0 Å². The summed E-state index contributed by atoms with van der Waals surface area (Å²) in [5.41, 5.74) is 2.61. The molecule has 1 aliphatic rings. The molecule has 2 N–H and O–H groups in total. The van der Waals surface area contributed by atoms with E-state index >= 15 is 0 Å². The molecule has 104 valence electrons. The monoisotopic (exact) mass is 272 g/mol. The number of aryl methyl sites for hydroxylation is 2. The van der Waals surface area contributed by atoms with Gasteiger partial charge in [-0.2, -0.15) is 5.10 Å². The standard InChI is InChI=1S/C14H16N4O2/c1-8-6-12(18(3)17-8)20-9-4-5-10-11(7-9)16-14(19)13(10)15-2/h4-7,13,15H,1-3H3,(H,16,19). The Kier molecular flexibility index (Phi) is 2.94. The third kappa shape index (κ3) is 2.04. The molecule has 0 aliphatic carbocycles. The van der Waals surface area contributed by atoms with Crippen molar-refractivity contribution in [3.8, 4) is 11.6 Å². The first-order chi connectivity index (χ1) is 9.58. The van der Waals surface area contributed by atoms with E-state index in [2.05, 4.69) is 15.7 Å². The first kappa shape index (κ1) is 12.7. The molecule has 1 aromatic carbocycles. The second kappa shape index (κ2) is 4.64. The van der Waals surface area contributed by atoms with Crippen LogP contribution in [0.3, 0.4) is 0 Å². The van der Waals surface area contributed by atoms with Crippen LogP contribution in [-0.4, -0.2) is 22.7 Å². The number of likely N-dealkylation sites (N-methyl/N-ethyl adjacent to an activating group) is 1. The summed E-state index contributed by atoms with van der Waals surface area (Å²) in [6, 6.07) is 7.14. The van der Waals surface area contributed by atoms with Crippen molar-refractivity contribution < 1.29 is 9.53 Å². The number of amides is 1. The Bertz CT molecular complexity index is 678. The van der Waals surface area contributed by atoms with Crippen LogP contribution in [0.1, 0.15) is 17.3 Å².